The van der Waals surface area contributed by atoms with Crippen LogP contribution in [-0.2, 0) is 13.0 Å². The summed E-state index contributed by atoms with van der Waals surface area (Å²) in [6.07, 6.45) is 2.40. The third-order valence-electron chi connectivity index (χ3n) is 2.66. The van der Waals surface area contributed by atoms with Gasteiger partial charge in [0.25, 0.3) is 0 Å². The van der Waals surface area contributed by atoms with Crippen molar-refractivity contribution in [2.45, 2.75) is 26.8 Å². The SMILES string of the molecule is CCc1nc(NN)c(C)c(NCc2ccco2)n1. The molecule has 96 valence electrons. The lowest BCUT2D eigenvalue weighted by Gasteiger charge is -2.12. The van der Waals surface area contributed by atoms with E-state index >= 15 is 0 Å². The van der Waals surface area contributed by atoms with Gasteiger partial charge in [0.05, 0.1) is 12.8 Å². The molecule has 0 aliphatic heterocycles. The molecular formula is C12H17N5O. The van der Waals surface area contributed by atoms with E-state index in [-0.39, 0.29) is 0 Å². The molecule has 2 aromatic rings. The zero-order chi connectivity index (χ0) is 13.0. The third-order valence-corrected chi connectivity index (χ3v) is 2.66. The Balaban J connectivity index is 2.20. The molecule has 2 rings (SSSR count). The summed E-state index contributed by atoms with van der Waals surface area (Å²) >= 11 is 0. The summed E-state index contributed by atoms with van der Waals surface area (Å²) in [7, 11) is 0. The van der Waals surface area contributed by atoms with Crippen molar-refractivity contribution in [1.29, 1.82) is 0 Å². The van der Waals surface area contributed by atoms with E-state index in [0.717, 1.165) is 29.4 Å². The second-order valence-electron chi connectivity index (χ2n) is 3.89. The van der Waals surface area contributed by atoms with Crippen LogP contribution in [0.4, 0.5) is 11.6 Å². The number of anilines is 2. The van der Waals surface area contributed by atoms with Crippen LogP contribution in [0.15, 0.2) is 22.8 Å². The van der Waals surface area contributed by atoms with Gasteiger partial charge in [-0.25, -0.2) is 15.8 Å². The van der Waals surface area contributed by atoms with Crippen molar-refractivity contribution in [3.63, 3.8) is 0 Å². The highest BCUT2D eigenvalue weighted by molar-refractivity contribution is 5.56. The monoisotopic (exact) mass is 247 g/mol. The molecule has 2 heterocycles. The summed E-state index contributed by atoms with van der Waals surface area (Å²) in [5, 5.41) is 3.22. The molecule has 0 amide bonds. The average molecular weight is 247 g/mol. The number of hydrogen-bond donors (Lipinski definition) is 3. The maximum atomic E-state index is 5.45. The number of rotatable bonds is 5. The zero-order valence-corrected chi connectivity index (χ0v) is 10.5. The highest BCUT2D eigenvalue weighted by Crippen LogP contribution is 2.20. The fraction of sp³-hybridized carbons (Fsp3) is 0.333. The van der Waals surface area contributed by atoms with Crippen molar-refractivity contribution in [1.82, 2.24) is 9.97 Å². The second-order valence-corrected chi connectivity index (χ2v) is 3.89. The Kier molecular flexibility index (Phi) is 3.78. The molecule has 0 atom stereocenters. The first-order chi connectivity index (χ1) is 8.74. The molecule has 0 fully saturated rings. The van der Waals surface area contributed by atoms with Crippen LogP contribution in [-0.4, -0.2) is 9.97 Å². The van der Waals surface area contributed by atoms with E-state index in [9.17, 15) is 0 Å². The minimum absolute atomic E-state index is 0.581. The molecule has 18 heavy (non-hydrogen) atoms. The molecule has 0 spiro atoms. The topological polar surface area (TPSA) is 89.0 Å². The van der Waals surface area contributed by atoms with E-state index < -0.39 is 0 Å². The zero-order valence-electron chi connectivity index (χ0n) is 10.5. The lowest BCUT2D eigenvalue weighted by Crippen LogP contribution is -2.14. The molecular weight excluding hydrogens is 230 g/mol. The normalized spacial score (nSPS) is 10.4. The van der Waals surface area contributed by atoms with Crippen molar-refractivity contribution in [2.24, 2.45) is 5.84 Å². The molecule has 0 radical (unpaired) electrons. The van der Waals surface area contributed by atoms with Crippen LogP contribution in [0.3, 0.4) is 0 Å². The molecule has 0 bridgehead atoms. The summed E-state index contributed by atoms with van der Waals surface area (Å²) in [6, 6.07) is 3.76. The van der Waals surface area contributed by atoms with Crippen molar-refractivity contribution in [2.75, 3.05) is 10.7 Å². The second kappa shape index (κ2) is 5.50. The van der Waals surface area contributed by atoms with E-state index in [1.54, 1.807) is 6.26 Å². The van der Waals surface area contributed by atoms with Gasteiger partial charge in [0, 0.05) is 12.0 Å². The van der Waals surface area contributed by atoms with E-state index in [1.807, 2.05) is 26.0 Å². The predicted octanol–water partition coefficient (Wildman–Crippen LogP) is 1.84. The molecule has 0 unspecified atom stereocenters. The minimum Gasteiger partial charge on any atom is -0.467 e. The Morgan fingerprint density at radius 2 is 2.11 bits per heavy atom. The lowest BCUT2D eigenvalue weighted by atomic mass is 10.3. The number of hydrazine groups is 1. The third kappa shape index (κ3) is 2.60. The highest BCUT2D eigenvalue weighted by atomic mass is 16.3. The summed E-state index contributed by atoms with van der Waals surface area (Å²) in [5.41, 5.74) is 3.48. The first-order valence-electron chi connectivity index (χ1n) is 5.85. The molecule has 0 aliphatic carbocycles. The van der Waals surface area contributed by atoms with Crippen molar-refractivity contribution >= 4 is 11.6 Å². The Morgan fingerprint density at radius 1 is 1.33 bits per heavy atom. The summed E-state index contributed by atoms with van der Waals surface area (Å²) in [6.45, 7) is 4.50. The van der Waals surface area contributed by atoms with Crippen LogP contribution in [0.1, 0.15) is 24.1 Å². The van der Waals surface area contributed by atoms with E-state index in [1.165, 1.54) is 0 Å². The van der Waals surface area contributed by atoms with Gasteiger partial charge < -0.3 is 15.2 Å². The standard InChI is InChI=1S/C12H17N5O/c1-3-10-15-11(8(2)12(16-10)17-13)14-7-9-5-4-6-18-9/h4-6H,3,7,13H2,1-2H3,(H2,14,15,16,17). The van der Waals surface area contributed by atoms with Crippen molar-refractivity contribution < 1.29 is 4.42 Å². The number of aryl methyl sites for hydroxylation is 1. The molecule has 0 aromatic carbocycles. The van der Waals surface area contributed by atoms with Gasteiger partial charge in [-0.3, -0.25) is 0 Å². The lowest BCUT2D eigenvalue weighted by molar-refractivity contribution is 0.517. The van der Waals surface area contributed by atoms with Gasteiger partial charge in [-0.15, -0.1) is 0 Å². The number of nitrogens with zero attached hydrogens (tertiary/aromatic N) is 2. The van der Waals surface area contributed by atoms with Gasteiger partial charge >= 0.3 is 0 Å². The average Bonchev–Trinajstić information content (AvgIpc) is 2.90. The van der Waals surface area contributed by atoms with Crippen LogP contribution in [0.5, 0.6) is 0 Å². The molecule has 0 saturated heterocycles. The first kappa shape index (κ1) is 12.4. The van der Waals surface area contributed by atoms with Crippen LogP contribution < -0.4 is 16.6 Å². The van der Waals surface area contributed by atoms with E-state index in [4.69, 9.17) is 10.3 Å². The molecule has 4 N–H and O–H groups in total. The van der Waals surface area contributed by atoms with Gasteiger partial charge in [0.15, 0.2) is 0 Å². The molecule has 6 heteroatoms. The van der Waals surface area contributed by atoms with Crippen LogP contribution in [0, 0.1) is 6.92 Å². The summed E-state index contributed by atoms with van der Waals surface area (Å²) in [4.78, 5) is 8.74. The number of furan rings is 1. The van der Waals surface area contributed by atoms with E-state index in [2.05, 4.69) is 20.7 Å². The summed E-state index contributed by atoms with van der Waals surface area (Å²) < 4.78 is 5.26. The fourth-order valence-electron chi connectivity index (χ4n) is 1.62. The van der Waals surface area contributed by atoms with Gasteiger partial charge in [-0.05, 0) is 19.1 Å². The maximum absolute atomic E-state index is 5.45. The molecule has 2 aromatic heterocycles. The van der Waals surface area contributed by atoms with E-state index in [0.29, 0.717) is 12.4 Å². The number of nitrogen functional groups attached to an aromatic ring is 1. The Morgan fingerprint density at radius 3 is 2.72 bits per heavy atom. The quantitative estimate of drug-likeness (QED) is 0.552. The number of aromatic nitrogens is 2. The molecule has 6 nitrogen and oxygen atoms in total. The minimum atomic E-state index is 0.581. The number of nitrogens with one attached hydrogen (secondary N) is 2. The van der Waals surface area contributed by atoms with Gasteiger partial charge in [-0.1, -0.05) is 6.92 Å². The van der Waals surface area contributed by atoms with Gasteiger partial charge in [0.2, 0.25) is 0 Å². The van der Waals surface area contributed by atoms with Gasteiger partial charge in [-0.2, -0.15) is 0 Å². The number of nitrogens with two attached hydrogens (primary N) is 1. The Hall–Kier alpha value is -2.08. The highest BCUT2D eigenvalue weighted by Gasteiger charge is 2.09. The van der Waals surface area contributed by atoms with Crippen LogP contribution in [0.2, 0.25) is 0 Å². The Labute approximate surface area is 106 Å². The van der Waals surface area contributed by atoms with Crippen LogP contribution >= 0.6 is 0 Å². The fourth-order valence-corrected chi connectivity index (χ4v) is 1.62. The van der Waals surface area contributed by atoms with Crippen molar-refractivity contribution in [3.05, 3.63) is 35.5 Å². The number of hydrogen-bond acceptors (Lipinski definition) is 6. The van der Waals surface area contributed by atoms with Crippen LogP contribution in [0.25, 0.3) is 0 Å². The molecule has 0 aliphatic rings. The first-order valence-corrected chi connectivity index (χ1v) is 5.85. The van der Waals surface area contributed by atoms with Crippen molar-refractivity contribution in [3.8, 4) is 0 Å². The summed E-state index contributed by atoms with van der Waals surface area (Å²) in [5.74, 6) is 8.46. The Bertz CT molecular complexity index is 509. The predicted molar refractivity (Wildman–Crippen MR) is 70.0 cm³/mol. The van der Waals surface area contributed by atoms with Gasteiger partial charge in [0.1, 0.15) is 23.2 Å². The smallest absolute Gasteiger partial charge is 0.148 e. The maximum Gasteiger partial charge on any atom is 0.148 e. The largest absolute Gasteiger partial charge is 0.467 e. The molecule has 0 saturated carbocycles.